The number of carbonyl (C=O) groups excluding carboxylic acids is 3. The molecule has 142 valence electrons. The van der Waals surface area contributed by atoms with Gasteiger partial charge in [0.1, 0.15) is 0 Å². The van der Waals surface area contributed by atoms with Crippen LogP contribution in [0.25, 0.3) is 11.0 Å². The number of hydrogen-bond donors (Lipinski definition) is 1. The Kier molecular flexibility index (Phi) is 4.41. The standard InChI is InChI=1S/C19H23N5O3/c1-11-15-9-12(10-20-17(15)23(2)22-11)21-16(25)7-8-24-18(26)13-5-3-4-6-14(13)19(24)27/h9-10,13-14H,3-8H2,1-2H3,(H,21,25)/t13-,14-/m1/s1. The number of nitrogens with zero attached hydrogens (tertiary/aromatic N) is 4. The number of nitrogens with one attached hydrogen (secondary N) is 1. The van der Waals surface area contributed by atoms with E-state index in [-0.39, 0.29) is 42.5 Å². The molecule has 2 aromatic rings. The van der Waals surface area contributed by atoms with Crippen molar-refractivity contribution in [2.75, 3.05) is 11.9 Å². The van der Waals surface area contributed by atoms with Crippen LogP contribution in [-0.2, 0) is 21.4 Å². The minimum Gasteiger partial charge on any atom is -0.325 e. The molecule has 1 aliphatic heterocycles. The number of fused-ring (bicyclic) bond motifs is 2. The summed E-state index contributed by atoms with van der Waals surface area (Å²) in [5.74, 6) is -0.796. The second kappa shape index (κ2) is 6.75. The molecule has 27 heavy (non-hydrogen) atoms. The Labute approximate surface area is 156 Å². The van der Waals surface area contributed by atoms with Crippen molar-refractivity contribution in [3.63, 3.8) is 0 Å². The number of imide groups is 1. The van der Waals surface area contributed by atoms with Gasteiger partial charge in [0, 0.05) is 25.4 Å². The van der Waals surface area contributed by atoms with Crippen molar-refractivity contribution in [1.82, 2.24) is 19.7 Å². The molecule has 0 radical (unpaired) electrons. The van der Waals surface area contributed by atoms with Crippen molar-refractivity contribution in [2.45, 2.75) is 39.0 Å². The first-order valence-corrected chi connectivity index (χ1v) is 9.40. The van der Waals surface area contributed by atoms with Gasteiger partial charge in [-0.2, -0.15) is 5.10 Å². The quantitative estimate of drug-likeness (QED) is 0.829. The predicted molar refractivity (Wildman–Crippen MR) is 98.7 cm³/mol. The fourth-order valence-electron chi connectivity index (χ4n) is 4.26. The first kappa shape index (κ1) is 17.6. The Bertz CT molecular complexity index is 911. The summed E-state index contributed by atoms with van der Waals surface area (Å²) >= 11 is 0. The molecular formula is C19H23N5O3. The first-order valence-electron chi connectivity index (χ1n) is 9.40. The van der Waals surface area contributed by atoms with E-state index in [4.69, 9.17) is 0 Å². The van der Waals surface area contributed by atoms with Crippen molar-refractivity contribution >= 4 is 34.4 Å². The molecule has 3 amide bonds. The molecule has 0 spiro atoms. The summed E-state index contributed by atoms with van der Waals surface area (Å²) in [4.78, 5) is 42.9. The molecule has 2 aliphatic rings. The lowest BCUT2D eigenvalue weighted by Gasteiger charge is -2.19. The number of rotatable bonds is 4. The van der Waals surface area contributed by atoms with E-state index in [1.165, 1.54) is 4.90 Å². The summed E-state index contributed by atoms with van der Waals surface area (Å²) in [6.45, 7) is 2.03. The molecule has 1 saturated carbocycles. The third-order valence-electron chi connectivity index (χ3n) is 5.64. The SMILES string of the molecule is Cc1nn(C)c2ncc(NC(=O)CCN3C(=O)[C@@H]4CCCC[C@H]4C3=O)cc12. The molecule has 1 aliphatic carbocycles. The minimum atomic E-state index is -0.242. The smallest absolute Gasteiger partial charge is 0.233 e. The number of hydrogen-bond acceptors (Lipinski definition) is 5. The molecule has 8 heteroatoms. The highest BCUT2D eigenvalue weighted by Crippen LogP contribution is 2.38. The Morgan fingerprint density at radius 1 is 1.22 bits per heavy atom. The van der Waals surface area contributed by atoms with Crippen molar-refractivity contribution in [2.24, 2.45) is 18.9 Å². The molecule has 1 saturated heterocycles. The maximum Gasteiger partial charge on any atom is 0.233 e. The van der Waals surface area contributed by atoms with E-state index in [9.17, 15) is 14.4 Å². The number of likely N-dealkylation sites (tertiary alicyclic amines) is 1. The molecule has 0 unspecified atom stereocenters. The van der Waals surface area contributed by atoms with Gasteiger partial charge in [0.15, 0.2) is 5.65 Å². The van der Waals surface area contributed by atoms with Crippen molar-refractivity contribution in [3.8, 4) is 0 Å². The number of aromatic nitrogens is 3. The molecule has 4 rings (SSSR count). The fourth-order valence-corrected chi connectivity index (χ4v) is 4.26. The molecule has 2 aromatic heterocycles. The third kappa shape index (κ3) is 3.09. The van der Waals surface area contributed by atoms with Gasteiger partial charge in [-0.05, 0) is 25.8 Å². The lowest BCUT2D eigenvalue weighted by molar-refractivity contribution is -0.140. The van der Waals surface area contributed by atoms with E-state index in [1.54, 1.807) is 10.9 Å². The average Bonchev–Trinajstić information content (AvgIpc) is 3.07. The number of amides is 3. The van der Waals surface area contributed by atoms with E-state index in [2.05, 4.69) is 15.4 Å². The fraction of sp³-hybridized carbons (Fsp3) is 0.526. The molecule has 0 aromatic carbocycles. The Morgan fingerprint density at radius 3 is 2.56 bits per heavy atom. The van der Waals surface area contributed by atoms with Crippen LogP contribution in [0.1, 0.15) is 37.8 Å². The van der Waals surface area contributed by atoms with Gasteiger partial charge >= 0.3 is 0 Å². The number of pyridine rings is 1. The number of aryl methyl sites for hydroxylation is 2. The summed E-state index contributed by atoms with van der Waals surface area (Å²) in [5.41, 5.74) is 2.17. The highest BCUT2D eigenvalue weighted by molar-refractivity contribution is 6.05. The van der Waals surface area contributed by atoms with Gasteiger partial charge < -0.3 is 5.32 Å². The normalized spacial score (nSPS) is 22.4. The molecule has 2 atom stereocenters. The van der Waals surface area contributed by atoms with Crippen LogP contribution in [0.2, 0.25) is 0 Å². The Hall–Kier alpha value is -2.77. The monoisotopic (exact) mass is 369 g/mol. The number of carbonyl (C=O) groups is 3. The summed E-state index contributed by atoms with van der Waals surface area (Å²) in [7, 11) is 1.82. The van der Waals surface area contributed by atoms with E-state index in [0.717, 1.165) is 42.4 Å². The van der Waals surface area contributed by atoms with E-state index < -0.39 is 0 Å². The maximum absolute atomic E-state index is 12.5. The predicted octanol–water partition coefficient (Wildman–Crippen LogP) is 1.78. The van der Waals surface area contributed by atoms with Gasteiger partial charge in [-0.15, -0.1) is 0 Å². The average molecular weight is 369 g/mol. The molecule has 2 fully saturated rings. The van der Waals surface area contributed by atoms with Crippen LogP contribution < -0.4 is 5.32 Å². The third-order valence-corrected chi connectivity index (χ3v) is 5.64. The molecule has 3 heterocycles. The first-order chi connectivity index (χ1) is 13.0. The van der Waals surface area contributed by atoms with Crippen LogP contribution in [-0.4, -0.2) is 43.9 Å². The van der Waals surface area contributed by atoms with Crippen molar-refractivity contribution < 1.29 is 14.4 Å². The summed E-state index contributed by atoms with van der Waals surface area (Å²) in [6.07, 6.45) is 5.24. The van der Waals surface area contributed by atoms with Gasteiger partial charge in [-0.1, -0.05) is 12.8 Å². The van der Waals surface area contributed by atoms with Crippen LogP contribution in [0.15, 0.2) is 12.3 Å². The second-order valence-electron chi connectivity index (χ2n) is 7.43. The van der Waals surface area contributed by atoms with E-state index >= 15 is 0 Å². The highest BCUT2D eigenvalue weighted by atomic mass is 16.2. The molecule has 0 bridgehead atoms. The Morgan fingerprint density at radius 2 is 1.89 bits per heavy atom. The molecule has 8 nitrogen and oxygen atoms in total. The van der Waals surface area contributed by atoms with Crippen LogP contribution in [0.3, 0.4) is 0 Å². The summed E-state index contributed by atoms with van der Waals surface area (Å²) in [5, 5.41) is 7.99. The minimum absolute atomic E-state index is 0.0843. The van der Waals surface area contributed by atoms with E-state index in [0.29, 0.717) is 5.69 Å². The van der Waals surface area contributed by atoms with Crippen LogP contribution in [0, 0.1) is 18.8 Å². The van der Waals surface area contributed by atoms with Gasteiger partial charge in [0.05, 0.1) is 29.4 Å². The zero-order valence-electron chi connectivity index (χ0n) is 15.6. The molecular weight excluding hydrogens is 346 g/mol. The van der Waals surface area contributed by atoms with Crippen LogP contribution in [0.5, 0.6) is 0 Å². The molecule has 1 N–H and O–H groups in total. The van der Waals surface area contributed by atoms with E-state index in [1.807, 2.05) is 20.0 Å². The Balaban J connectivity index is 1.39. The zero-order chi connectivity index (χ0) is 19.1. The maximum atomic E-state index is 12.5. The van der Waals surface area contributed by atoms with Crippen LogP contribution >= 0.6 is 0 Å². The lowest BCUT2D eigenvalue weighted by atomic mass is 9.81. The summed E-state index contributed by atoms with van der Waals surface area (Å²) in [6, 6.07) is 1.84. The largest absolute Gasteiger partial charge is 0.325 e. The van der Waals surface area contributed by atoms with Crippen molar-refractivity contribution in [3.05, 3.63) is 18.0 Å². The second-order valence-corrected chi connectivity index (χ2v) is 7.43. The summed E-state index contributed by atoms with van der Waals surface area (Å²) < 4.78 is 1.69. The van der Waals surface area contributed by atoms with Gasteiger partial charge in [-0.3, -0.25) is 24.0 Å². The highest BCUT2D eigenvalue weighted by Gasteiger charge is 2.47. The number of anilines is 1. The topological polar surface area (TPSA) is 97.2 Å². The van der Waals surface area contributed by atoms with Gasteiger partial charge in [-0.25, -0.2) is 4.98 Å². The van der Waals surface area contributed by atoms with Gasteiger partial charge in [0.2, 0.25) is 17.7 Å². The van der Waals surface area contributed by atoms with Crippen molar-refractivity contribution in [1.29, 1.82) is 0 Å². The zero-order valence-corrected chi connectivity index (χ0v) is 15.6. The lowest BCUT2D eigenvalue weighted by Crippen LogP contribution is -2.34. The van der Waals surface area contributed by atoms with Crippen LogP contribution in [0.4, 0.5) is 5.69 Å². The van der Waals surface area contributed by atoms with Gasteiger partial charge in [0.25, 0.3) is 0 Å².